The van der Waals surface area contributed by atoms with Gasteiger partial charge in [0, 0.05) is 19.1 Å². The summed E-state index contributed by atoms with van der Waals surface area (Å²) in [6.45, 7) is 2.35. The van der Waals surface area contributed by atoms with E-state index in [9.17, 15) is 8.42 Å². The average molecular weight is 361 g/mol. The van der Waals surface area contributed by atoms with Crippen LogP contribution in [0.1, 0.15) is 25.7 Å². The molecule has 0 spiro atoms. The van der Waals surface area contributed by atoms with Crippen LogP contribution in [-0.4, -0.2) is 45.5 Å². The number of sulfonamides is 1. The van der Waals surface area contributed by atoms with E-state index in [1.54, 1.807) is 35.7 Å². The third kappa shape index (κ3) is 3.99. The third-order valence-corrected chi connectivity index (χ3v) is 6.78. The van der Waals surface area contributed by atoms with Crippen molar-refractivity contribution in [1.29, 1.82) is 0 Å². The van der Waals surface area contributed by atoms with Gasteiger partial charge in [-0.1, -0.05) is 0 Å². The standard InChI is InChI=1S/C16H24N2O3S.ClH/c1-21-14-4-6-15(7-5-14)22(19,20)18-11-8-13(9-12-18)16-3-2-10-17-16;/h4-7,13,16-17H,2-3,8-12H2,1H3;1H. The average Bonchev–Trinajstić information content (AvgIpc) is 3.09. The summed E-state index contributed by atoms with van der Waals surface area (Å²) >= 11 is 0. The molecule has 5 nitrogen and oxygen atoms in total. The van der Waals surface area contributed by atoms with Gasteiger partial charge in [-0.15, -0.1) is 12.4 Å². The molecule has 3 rings (SSSR count). The first-order valence-electron chi connectivity index (χ1n) is 7.99. The molecule has 0 aromatic heterocycles. The van der Waals surface area contributed by atoms with Crippen molar-refractivity contribution in [2.45, 2.75) is 36.6 Å². The molecule has 1 aromatic rings. The zero-order valence-electron chi connectivity index (χ0n) is 13.4. The van der Waals surface area contributed by atoms with Gasteiger partial charge in [0.2, 0.25) is 10.0 Å². The van der Waals surface area contributed by atoms with E-state index in [0.29, 0.717) is 35.7 Å². The number of hydrogen-bond donors (Lipinski definition) is 1. The molecule has 1 aromatic carbocycles. The molecule has 1 N–H and O–H groups in total. The first-order valence-corrected chi connectivity index (χ1v) is 9.43. The minimum atomic E-state index is -3.38. The highest BCUT2D eigenvalue weighted by atomic mass is 35.5. The fourth-order valence-corrected chi connectivity index (χ4v) is 5.00. The van der Waals surface area contributed by atoms with Crippen molar-refractivity contribution >= 4 is 22.4 Å². The molecule has 1 atom stereocenters. The van der Waals surface area contributed by atoms with Crippen LogP contribution in [0.5, 0.6) is 5.75 Å². The van der Waals surface area contributed by atoms with Crippen molar-refractivity contribution in [3.63, 3.8) is 0 Å². The first-order chi connectivity index (χ1) is 10.6. The Balaban J connectivity index is 0.00000192. The van der Waals surface area contributed by atoms with E-state index >= 15 is 0 Å². The van der Waals surface area contributed by atoms with Crippen LogP contribution in [0.2, 0.25) is 0 Å². The molecular weight excluding hydrogens is 336 g/mol. The van der Waals surface area contributed by atoms with Crippen LogP contribution < -0.4 is 10.1 Å². The number of rotatable bonds is 4. The van der Waals surface area contributed by atoms with Crippen molar-refractivity contribution < 1.29 is 13.2 Å². The Hall–Kier alpha value is -0.820. The summed E-state index contributed by atoms with van der Waals surface area (Å²) in [4.78, 5) is 0.353. The minimum absolute atomic E-state index is 0. The second-order valence-corrected chi connectivity index (χ2v) is 8.06. The summed E-state index contributed by atoms with van der Waals surface area (Å²) in [5.74, 6) is 1.29. The number of benzene rings is 1. The number of ether oxygens (including phenoxy) is 1. The van der Waals surface area contributed by atoms with Gasteiger partial charge in [-0.3, -0.25) is 0 Å². The van der Waals surface area contributed by atoms with Crippen LogP contribution in [0, 0.1) is 5.92 Å². The first kappa shape index (κ1) is 18.5. The normalized spacial score (nSPS) is 23.4. The maximum atomic E-state index is 12.7. The van der Waals surface area contributed by atoms with Gasteiger partial charge in [0.15, 0.2) is 0 Å². The van der Waals surface area contributed by atoms with Gasteiger partial charge in [0.25, 0.3) is 0 Å². The fraction of sp³-hybridized carbons (Fsp3) is 0.625. The van der Waals surface area contributed by atoms with Gasteiger partial charge >= 0.3 is 0 Å². The molecule has 2 aliphatic heterocycles. The van der Waals surface area contributed by atoms with E-state index in [1.807, 2.05) is 0 Å². The van der Waals surface area contributed by atoms with E-state index in [4.69, 9.17) is 4.74 Å². The van der Waals surface area contributed by atoms with E-state index in [-0.39, 0.29) is 12.4 Å². The maximum Gasteiger partial charge on any atom is 0.243 e. The second kappa shape index (κ2) is 7.83. The van der Waals surface area contributed by atoms with E-state index in [1.165, 1.54) is 12.8 Å². The van der Waals surface area contributed by atoms with Crippen LogP contribution in [0.15, 0.2) is 29.2 Å². The number of hydrogen-bond acceptors (Lipinski definition) is 4. The number of halogens is 1. The summed E-state index contributed by atoms with van der Waals surface area (Å²) < 4.78 is 32.1. The largest absolute Gasteiger partial charge is 0.497 e. The number of nitrogens with zero attached hydrogens (tertiary/aromatic N) is 1. The molecule has 0 bridgehead atoms. The molecule has 0 amide bonds. The van der Waals surface area contributed by atoms with Gasteiger partial charge in [-0.05, 0) is 62.4 Å². The summed E-state index contributed by atoms with van der Waals surface area (Å²) in [5.41, 5.74) is 0. The SMILES string of the molecule is COc1ccc(S(=O)(=O)N2CCC(C3CCCN3)CC2)cc1.Cl. The van der Waals surface area contributed by atoms with Gasteiger partial charge in [-0.25, -0.2) is 8.42 Å². The fourth-order valence-electron chi connectivity index (χ4n) is 3.53. The Morgan fingerprint density at radius 1 is 1.13 bits per heavy atom. The summed E-state index contributed by atoms with van der Waals surface area (Å²) in [6.07, 6.45) is 4.38. The topological polar surface area (TPSA) is 58.6 Å². The summed E-state index contributed by atoms with van der Waals surface area (Å²) in [6, 6.07) is 7.23. The predicted molar refractivity (Wildman–Crippen MR) is 92.7 cm³/mol. The highest BCUT2D eigenvalue weighted by molar-refractivity contribution is 7.89. The van der Waals surface area contributed by atoms with Crippen molar-refractivity contribution in [2.24, 2.45) is 5.92 Å². The van der Waals surface area contributed by atoms with Crippen LogP contribution in [0.4, 0.5) is 0 Å². The molecule has 0 aliphatic carbocycles. The second-order valence-electron chi connectivity index (χ2n) is 6.12. The van der Waals surface area contributed by atoms with Crippen molar-refractivity contribution in [3.05, 3.63) is 24.3 Å². The molecule has 2 heterocycles. The summed E-state index contributed by atoms with van der Waals surface area (Å²) in [5, 5.41) is 3.54. The molecule has 23 heavy (non-hydrogen) atoms. The van der Waals surface area contributed by atoms with Crippen molar-refractivity contribution in [3.8, 4) is 5.75 Å². The Labute approximate surface area is 144 Å². The quantitative estimate of drug-likeness (QED) is 0.894. The van der Waals surface area contributed by atoms with E-state index < -0.39 is 10.0 Å². The van der Waals surface area contributed by atoms with Crippen LogP contribution in [0.3, 0.4) is 0 Å². The lowest BCUT2D eigenvalue weighted by Gasteiger charge is -2.34. The minimum Gasteiger partial charge on any atom is -0.497 e. The maximum absolute atomic E-state index is 12.7. The third-order valence-electron chi connectivity index (χ3n) is 4.86. The number of methoxy groups -OCH3 is 1. The smallest absolute Gasteiger partial charge is 0.243 e. The lowest BCUT2D eigenvalue weighted by atomic mass is 9.89. The van der Waals surface area contributed by atoms with Crippen LogP contribution >= 0.6 is 12.4 Å². The Kier molecular flexibility index (Phi) is 6.31. The van der Waals surface area contributed by atoms with E-state index in [2.05, 4.69) is 5.32 Å². The molecule has 1 unspecified atom stereocenters. The Bertz CT molecular complexity index is 592. The Morgan fingerprint density at radius 2 is 1.78 bits per heavy atom. The molecule has 2 fully saturated rings. The van der Waals surface area contributed by atoms with Gasteiger partial charge in [-0.2, -0.15) is 4.31 Å². The van der Waals surface area contributed by atoms with Crippen LogP contribution in [0.25, 0.3) is 0 Å². The molecule has 2 saturated heterocycles. The van der Waals surface area contributed by atoms with Crippen molar-refractivity contribution in [1.82, 2.24) is 9.62 Å². The zero-order valence-corrected chi connectivity index (χ0v) is 15.0. The van der Waals surface area contributed by atoms with Crippen molar-refractivity contribution in [2.75, 3.05) is 26.7 Å². The predicted octanol–water partition coefficient (Wildman–Crippen LogP) is 2.27. The number of piperidine rings is 1. The van der Waals surface area contributed by atoms with Crippen LogP contribution in [-0.2, 0) is 10.0 Å². The molecule has 0 radical (unpaired) electrons. The monoisotopic (exact) mass is 360 g/mol. The molecule has 7 heteroatoms. The van der Waals surface area contributed by atoms with Gasteiger partial charge in [0.1, 0.15) is 5.75 Å². The number of nitrogens with one attached hydrogen (secondary N) is 1. The molecule has 2 aliphatic rings. The van der Waals surface area contributed by atoms with E-state index in [0.717, 1.165) is 19.4 Å². The zero-order chi connectivity index (χ0) is 15.6. The molecule has 130 valence electrons. The van der Waals surface area contributed by atoms with Gasteiger partial charge in [0.05, 0.1) is 12.0 Å². The Morgan fingerprint density at radius 3 is 2.30 bits per heavy atom. The highest BCUT2D eigenvalue weighted by Crippen LogP contribution is 2.29. The summed E-state index contributed by atoms with van der Waals surface area (Å²) in [7, 11) is -1.80. The van der Waals surface area contributed by atoms with Gasteiger partial charge < -0.3 is 10.1 Å². The molecular formula is C16H25ClN2O3S. The highest BCUT2D eigenvalue weighted by Gasteiger charge is 2.33. The molecule has 0 saturated carbocycles. The lowest BCUT2D eigenvalue weighted by Crippen LogP contribution is -2.43. The lowest BCUT2D eigenvalue weighted by molar-refractivity contribution is 0.234.